The molecule has 2 atom stereocenters. The molecule has 0 bridgehead atoms. The summed E-state index contributed by atoms with van der Waals surface area (Å²) in [5, 5.41) is 5.93. The zero-order valence-electron chi connectivity index (χ0n) is 15.6. The molecular formula is C22H26N2O2. The molecule has 2 N–H and O–H groups in total. The number of amides is 2. The molecule has 0 radical (unpaired) electrons. The van der Waals surface area contributed by atoms with Crippen LogP contribution in [0.25, 0.3) is 0 Å². The number of carbonyl (C=O) groups is 2. The van der Waals surface area contributed by atoms with Crippen molar-refractivity contribution >= 4 is 11.8 Å². The van der Waals surface area contributed by atoms with Gasteiger partial charge in [0.05, 0.1) is 0 Å². The van der Waals surface area contributed by atoms with Crippen LogP contribution in [0.3, 0.4) is 0 Å². The summed E-state index contributed by atoms with van der Waals surface area (Å²) < 4.78 is 0. The summed E-state index contributed by atoms with van der Waals surface area (Å²) in [5.41, 5.74) is 4.19. The van der Waals surface area contributed by atoms with Crippen LogP contribution in [0, 0.1) is 12.8 Å². The van der Waals surface area contributed by atoms with Crippen molar-refractivity contribution < 1.29 is 9.59 Å². The van der Waals surface area contributed by atoms with Gasteiger partial charge in [-0.2, -0.15) is 0 Å². The molecule has 0 fully saturated rings. The molecule has 0 aromatic heterocycles. The van der Waals surface area contributed by atoms with E-state index in [0.717, 1.165) is 12.0 Å². The number of fused-ring (bicyclic) bond motifs is 1. The van der Waals surface area contributed by atoms with Crippen LogP contribution in [0.5, 0.6) is 0 Å². The van der Waals surface area contributed by atoms with Gasteiger partial charge in [-0.15, -0.1) is 0 Å². The summed E-state index contributed by atoms with van der Waals surface area (Å²) in [4.78, 5) is 25.2. The standard InChI is InChI=1S/C22H26N2O2/c1-14(2)20(24-21(25)18-10-6-4-8-15(18)3)22(26)23-13-17-12-16-9-5-7-11-19(16)17/h4-11,14,17,20H,12-13H2,1-3H3,(H,23,26)(H,24,25)/t17-,20-/m0/s1. The smallest absolute Gasteiger partial charge is 0.252 e. The molecule has 0 saturated heterocycles. The van der Waals surface area contributed by atoms with E-state index in [1.54, 1.807) is 6.07 Å². The average Bonchev–Trinajstić information content (AvgIpc) is 2.60. The normalized spacial score (nSPS) is 16.4. The van der Waals surface area contributed by atoms with E-state index in [4.69, 9.17) is 0 Å². The summed E-state index contributed by atoms with van der Waals surface area (Å²) in [6, 6.07) is 15.2. The number of aryl methyl sites for hydroxylation is 1. The third-order valence-electron chi connectivity index (χ3n) is 5.11. The Morgan fingerprint density at radius 3 is 2.46 bits per heavy atom. The second kappa shape index (κ2) is 7.73. The SMILES string of the molecule is Cc1ccccc1C(=O)N[C@H](C(=O)NC[C@@H]1Cc2ccccc21)C(C)C. The number of hydrogen-bond acceptors (Lipinski definition) is 2. The molecule has 0 saturated carbocycles. The molecule has 26 heavy (non-hydrogen) atoms. The minimum Gasteiger partial charge on any atom is -0.354 e. The van der Waals surface area contributed by atoms with Crippen LogP contribution in [0.1, 0.15) is 46.8 Å². The molecule has 2 amide bonds. The topological polar surface area (TPSA) is 58.2 Å². The molecule has 4 nitrogen and oxygen atoms in total. The minimum atomic E-state index is -0.544. The van der Waals surface area contributed by atoms with Crippen molar-refractivity contribution in [1.29, 1.82) is 0 Å². The first-order valence-corrected chi connectivity index (χ1v) is 9.19. The molecule has 2 aromatic carbocycles. The fourth-order valence-electron chi connectivity index (χ4n) is 3.46. The highest BCUT2D eigenvalue weighted by Gasteiger charge is 2.29. The Labute approximate surface area is 155 Å². The number of nitrogens with one attached hydrogen (secondary N) is 2. The van der Waals surface area contributed by atoms with Crippen molar-refractivity contribution in [3.05, 3.63) is 70.8 Å². The Hall–Kier alpha value is -2.62. The van der Waals surface area contributed by atoms with Gasteiger partial charge in [0.15, 0.2) is 0 Å². The van der Waals surface area contributed by atoms with E-state index >= 15 is 0 Å². The van der Waals surface area contributed by atoms with E-state index in [-0.39, 0.29) is 17.7 Å². The maximum Gasteiger partial charge on any atom is 0.252 e. The third kappa shape index (κ3) is 3.79. The lowest BCUT2D eigenvalue weighted by atomic mass is 9.77. The van der Waals surface area contributed by atoms with Gasteiger partial charge in [0.1, 0.15) is 6.04 Å². The highest BCUT2D eigenvalue weighted by atomic mass is 16.2. The first-order chi connectivity index (χ1) is 12.5. The van der Waals surface area contributed by atoms with E-state index in [1.807, 2.05) is 51.1 Å². The lowest BCUT2D eigenvalue weighted by Gasteiger charge is -2.31. The van der Waals surface area contributed by atoms with Crippen LogP contribution in [0.2, 0.25) is 0 Å². The average molecular weight is 350 g/mol. The molecule has 0 spiro atoms. The third-order valence-corrected chi connectivity index (χ3v) is 5.11. The molecule has 1 aliphatic carbocycles. The summed E-state index contributed by atoms with van der Waals surface area (Å²) in [6.45, 7) is 6.40. The van der Waals surface area contributed by atoms with Gasteiger partial charge in [-0.1, -0.05) is 56.3 Å². The van der Waals surface area contributed by atoms with Crippen LogP contribution in [0.4, 0.5) is 0 Å². The summed E-state index contributed by atoms with van der Waals surface area (Å²) in [6.07, 6.45) is 0.998. The van der Waals surface area contributed by atoms with E-state index in [9.17, 15) is 9.59 Å². The van der Waals surface area contributed by atoms with Crippen molar-refractivity contribution in [3.8, 4) is 0 Å². The van der Waals surface area contributed by atoms with Crippen molar-refractivity contribution in [2.75, 3.05) is 6.54 Å². The van der Waals surface area contributed by atoms with Crippen LogP contribution >= 0.6 is 0 Å². The van der Waals surface area contributed by atoms with E-state index in [1.165, 1.54) is 11.1 Å². The quantitative estimate of drug-likeness (QED) is 0.840. The highest BCUT2D eigenvalue weighted by molar-refractivity contribution is 5.98. The van der Waals surface area contributed by atoms with E-state index < -0.39 is 6.04 Å². The first-order valence-electron chi connectivity index (χ1n) is 9.19. The van der Waals surface area contributed by atoms with Crippen LogP contribution in [0.15, 0.2) is 48.5 Å². The van der Waals surface area contributed by atoms with E-state index in [2.05, 4.69) is 22.8 Å². The molecule has 2 aromatic rings. The predicted octanol–water partition coefficient (Wildman–Crippen LogP) is 3.21. The van der Waals surface area contributed by atoms with Gasteiger partial charge in [-0.05, 0) is 42.0 Å². The molecular weight excluding hydrogens is 324 g/mol. The largest absolute Gasteiger partial charge is 0.354 e. The van der Waals surface area contributed by atoms with Crippen molar-refractivity contribution in [3.63, 3.8) is 0 Å². The monoisotopic (exact) mass is 350 g/mol. The zero-order valence-corrected chi connectivity index (χ0v) is 15.6. The van der Waals surface area contributed by atoms with Gasteiger partial charge in [-0.3, -0.25) is 9.59 Å². The number of benzene rings is 2. The maximum atomic E-state index is 12.7. The predicted molar refractivity (Wildman–Crippen MR) is 103 cm³/mol. The van der Waals surface area contributed by atoms with Gasteiger partial charge >= 0.3 is 0 Å². The van der Waals surface area contributed by atoms with Gasteiger partial charge in [0.25, 0.3) is 5.91 Å². The van der Waals surface area contributed by atoms with Gasteiger partial charge in [0, 0.05) is 18.0 Å². The minimum absolute atomic E-state index is 0.0108. The lowest BCUT2D eigenvalue weighted by molar-refractivity contribution is -0.124. The molecule has 4 heteroatoms. The number of rotatable bonds is 6. The fourth-order valence-corrected chi connectivity index (χ4v) is 3.46. The lowest BCUT2D eigenvalue weighted by Crippen LogP contribution is -2.50. The summed E-state index contributed by atoms with van der Waals surface area (Å²) in [7, 11) is 0. The second-order valence-electron chi connectivity index (χ2n) is 7.36. The van der Waals surface area contributed by atoms with Crippen LogP contribution in [-0.4, -0.2) is 24.4 Å². The molecule has 0 aliphatic heterocycles. The van der Waals surface area contributed by atoms with Gasteiger partial charge < -0.3 is 10.6 Å². The van der Waals surface area contributed by atoms with Gasteiger partial charge in [0.2, 0.25) is 5.91 Å². The van der Waals surface area contributed by atoms with Crippen molar-refractivity contribution in [2.24, 2.45) is 5.92 Å². The van der Waals surface area contributed by atoms with Crippen LogP contribution < -0.4 is 10.6 Å². The van der Waals surface area contributed by atoms with Crippen molar-refractivity contribution in [2.45, 2.75) is 39.2 Å². The maximum absolute atomic E-state index is 12.7. The Balaban J connectivity index is 1.60. The molecule has 0 heterocycles. The van der Waals surface area contributed by atoms with Gasteiger partial charge in [-0.25, -0.2) is 0 Å². The van der Waals surface area contributed by atoms with E-state index in [0.29, 0.717) is 18.0 Å². The highest BCUT2D eigenvalue weighted by Crippen LogP contribution is 2.34. The molecule has 1 aliphatic rings. The molecule has 3 rings (SSSR count). The van der Waals surface area contributed by atoms with Crippen LogP contribution in [-0.2, 0) is 11.2 Å². The Morgan fingerprint density at radius 2 is 1.77 bits per heavy atom. The number of hydrogen-bond donors (Lipinski definition) is 2. The summed E-state index contributed by atoms with van der Waals surface area (Å²) in [5.74, 6) is 0.0592. The fraction of sp³-hybridized carbons (Fsp3) is 0.364. The number of carbonyl (C=O) groups excluding carboxylic acids is 2. The molecule has 136 valence electrons. The Bertz CT molecular complexity index is 813. The van der Waals surface area contributed by atoms with Crippen molar-refractivity contribution in [1.82, 2.24) is 10.6 Å². The second-order valence-corrected chi connectivity index (χ2v) is 7.36. The Kier molecular flexibility index (Phi) is 5.40. The summed E-state index contributed by atoms with van der Waals surface area (Å²) >= 11 is 0. The zero-order chi connectivity index (χ0) is 18.7. The first kappa shape index (κ1) is 18.2. The Morgan fingerprint density at radius 1 is 1.08 bits per heavy atom. The molecule has 0 unspecified atom stereocenters.